The molecule has 0 aliphatic heterocycles. The van der Waals surface area contributed by atoms with Gasteiger partial charge >= 0.3 is 0 Å². The van der Waals surface area contributed by atoms with E-state index in [9.17, 15) is 0 Å². The second-order valence-corrected chi connectivity index (χ2v) is 2.51. The summed E-state index contributed by atoms with van der Waals surface area (Å²) in [6.07, 6.45) is 9.01. The van der Waals surface area contributed by atoms with Crippen molar-refractivity contribution < 1.29 is 0 Å². The van der Waals surface area contributed by atoms with Gasteiger partial charge in [0.05, 0.1) is 0 Å². The molecule has 10 heavy (non-hydrogen) atoms. The Morgan fingerprint density at radius 2 is 2.10 bits per heavy atom. The Kier molecular flexibility index (Phi) is 6.25. The minimum Gasteiger partial charge on any atom is -0.103 e. The van der Waals surface area contributed by atoms with Gasteiger partial charge in [-0.25, -0.2) is 0 Å². The number of hydrogen-bond donors (Lipinski definition) is 0. The molecule has 0 aromatic carbocycles. The fourth-order valence-corrected chi connectivity index (χ4v) is 1.08. The van der Waals surface area contributed by atoms with Crippen LogP contribution in [-0.2, 0) is 0 Å². The van der Waals surface area contributed by atoms with E-state index >= 15 is 0 Å². The zero-order valence-corrected chi connectivity index (χ0v) is 7.19. The molecule has 0 atom stereocenters. The van der Waals surface area contributed by atoms with Crippen LogP contribution < -0.4 is 0 Å². The average molecular weight is 138 g/mol. The molecule has 0 aliphatic rings. The Hall–Kier alpha value is -0.520. The summed E-state index contributed by atoms with van der Waals surface area (Å²) in [7, 11) is 0. The molecule has 0 bridgehead atoms. The average Bonchev–Trinajstić information content (AvgIpc) is 1.90. The van der Waals surface area contributed by atoms with Crippen LogP contribution in [0, 0.1) is 0 Å². The Morgan fingerprint density at radius 3 is 2.50 bits per heavy atom. The number of hydrogen-bond acceptors (Lipinski definition) is 0. The Morgan fingerprint density at radius 1 is 1.40 bits per heavy atom. The molecule has 0 heteroatoms. The Balaban J connectivity index is 3.71. The van der Waals surface area contributed by atoms with E-state index in [1.54, 1.807) is 5.57 Å². The molecule has 0 fully saturated rings. The monoisotopic (exact) mass is 138 g/mol. The maximum atomic E-state index is 3.72. The third-order valence-corrected chi connectivity index (χ3v) is 1.47. The predicted molar refractivity (Wildman–Crippen MR) is 48.1 cm³/mol. The summed E-state index contributed by atoms with van der Waals surface area (Å²) in [5.74, 6) is 0. The summed E-state index contributed by atoms with van der Waals surface area (Å²) < 4.78 is 0. The molecular weight excluding hydrogens is 120 g/mol. The quantitative estimate of drug-likeness (QED) is 0.508. The summed E-state index contributed by atoms with van der Waals surface area (Å²) in [6, 6.07) is 0. The predicted octanol–water partition coefficient (Wildman–Crippen LogP) is 3.70. The van der Waals surface area contributed by atoms with Crippen molar-refractivity contribution in [2.75, 3.05) is 0 Å². The number of allylic oxidation sites excluding steroid dienone is 3. The first-order chi connectivity index (χ1) is 4.85. The SMILES string of the molecule is C=CC/C(=C/CC)CCC. The highest BCUT2D eigenvalue weighted by Gasteiger charge is 1.90. The maximum absolute atomic E-state index is 3.72. The minimum atomic E-state index is 1.07. The lowest BCUT2D eigenvalue weighted by Gasteiger charge is -2.00. The molecule has 0 unspecified atom stereocenters. The maximum Gasteiger partial charge on any atom is -0.0142 e. The van der Waals surface area contributed by atoms with E-state index in [1.807, 2.05) is 6.08 Å². The van der Waals surface area contributed by atoms with Crippen LogP contribution in [0.4, 0.5) is 0 Å². The van der Waals surface area contributed by atoms with Gasteiger partial charge in [0, 0.05) is 0 Å². The van der Waals surface area contributed by atoms with Crippen LogP contribution in [0.25, 0.3) is 0 Å². The molecule has 0 saturated heterocycles. The van der Waals surface area contributed by atoms with Crippen molar-refractivity contribution >= 4 is 0 Å². The smallest absolute Gasteiger partial charge is 0.0142 e. The first kappa shape index (κ1) is 9.48. The van der Waals surface area contributed by atoms with Gasteiger partial charge in [0.1, 0.15) is 0 Å². The molecule has 0 aliphatic carbocycles. The van der Waals surface area contributed by atoms with Gasteiger partial charge in [-0.15, -0.1) is 6.58 Å². The summed E-state index contributed by atoms with van der Waals surface area (Å²) >= 11 is 0. The molecule has 0 saturated carbocycles. The van der Waals surface area contributed by atoms with E-state index in [1.165, 1.54) is 12.8 Å². The van der Waals surface area contributed by atoms with Crippen molar-refractivity contribution in [3.8, 4) is 0 Å². The fourth-order valence-electron chi connectivity index (χ4n) is 1.08. The Labute approximate surface area is 64.6 Å². The van der Waals surface area contributed by atoms with E-state index in [0.717, 1.165) is 12.8 Å². The van der Waals surface area contributed by atoms with Gasteiger partial charge in [-0.05, 0) is 19.3 Å². The molecular formula is C10H18. The highest BCUT2D eigenvalue weighted by Crippen LogP contribution is 2.10. The van der Waals surface area contributed by atoms with Crippen molar-refractivity contribution in [3.63, 3.8) is 0 Å². The van der Waals surface area contributed by atoms with Gasteiger partial charge in [-0.1, -0.05) is 38.0 Å². The second-order valence-electron chi connectivity index (χ2n) is 2.51. The van der Waals surface area contributed by atoms with Crippen molar-refractivity contribution in [1.29, 1.82) is 0 Å². The molecule has 0 spiro atoms. The van der Waals surface area contributed by atoms with Crippen LogP contribution in [-0.4, -0.2) is 0 Å². The summed E-state index contributed by atoms with van der Waals surface area (Å²) in [5, 5.41) is 0. The normalized spacial score (nSPS) is 11.6. The third kappa shape index (κ3) is 4.37. The highest BCUT2D eigenvalue weighted by atomic mass is 14.0. The van der Waals surface area contributed by atoms with Crippen molar-refractivity contribution in [2.45, 2.75) is 39.5 Å². The summed E-state index contributed by atoms with van der Waals surface area (Å²) in [4.78, 5) is 0. The Bertz CT molecular complexity index is 109. The van der Waals surface area contributed by atoms with E-state index in [-0.39, 0.29) is 0 Å². The molecule has 0 amide bonds. The molecule has 0 N–H and O–H groups in total. The van der Waals surface area contributed by atoms with E-state index in [2.05, 4.69) is 26.5 Å². The zero-order valence-electron chi connectivity index (χ0n) is 7.19. The van der Waals surface area contributed by atoms with Gasteiger partial charge in [0.25, 0.3) is 0 Å². The van der Waals surface area contributed by atoms with Crippen molar-refractivity contribution in [1.82, 2.24) is 0 Å². The van der Waals surface area contributed by atoms with Gasteiger partial charge < -0.3 is 0 Å². The largest absolute Gasteiger partial charge is 0.103 e. The van der Waals surface area contributed by atoms with Crippen LogP contribution >= 0.6 is 0 Å². The van der Waals surface area contributed by atoms with Crippen molar-refractivity contribution in [3.05, 3.63) is 24.3 Å². The highest BCUT2D eigenvalue weighted by molar-refractivity contribution is 5.05. The lowest BCUT2D eigenvalue weighted by Crippen LogP contribution is -1.79. The van der Waals surface area contributed by atoms with Gasteiger partial charge in [-0.3, -0.25) is 0 Å². The van der Waals surface area contributed by atoms with Crippen LogP contribution in [0.5, 0.6) is 0 Å². The first-order valence-electron chi connectivity index (χ1n) is 4.13. The molecule has 0 aromatic heterocycles. The summed E-state index contributed by atoms with van der Waals surface area (Å²) in [5.41, 5.74) is 1.54. The van der Waals surface area contributed by atoms with E-state index in [0.29, 0.717) is 0 Å². The molecule has 0 radical (unpaired) electrons. The molecule has 0 aromatic rings. The van der Waals surface area contributed by atoms with Crippen molar-refractivity contribution in [2.24, 2.45) is 0 Å². The standard InChI is InChI=1S/C10H18/c1-4-7-10(8-5-2)9-6-3/h4,8H,1,5-7,9H2,2-3H3/b10-8-. The minimum absolute atomic E-state index is 1.07. The van der Waals surface area contributed by atoms with E-state index in [4.69, 9.17) is 0 Å². The van der Waals surface area contributed by atoms with Crippen LogP contribution in [0.3, 0.4) is 0 Å². The second kappa shape index (κ2) is 6.60. The first-order valence-corrected chi connectivity index (χ1v) is 4.13. The zero-order chi connectivity index (χ0) is 7.82. The lowest BCUT2D eigenvalue weighted by atomic mass is 10.1. The van der Waals surface area contributed by atoms with Gasteiger partial charge in [0.15, 0.2) is 0 Å². The van der Waals surface area contributed by atoms with Gasteiger partial charge in [-0.2, -0.15) is 0 Å². The van der Waals surface area contributed by atoms with Crippen LogP contribution in [0.2, 0.25) is 0 Å². The number of rotatable bonds is 5. The lowest BCUT2D eigenvalue weighted by molar-refractivity contribution is 0.870. The van der Waals surface area contributed by atoms with Crippen LogP contribution in [0.15, 0.2) is 24.3 Å². The van der Waals surface area contributed by atoms with Crippen LogP contribution in [0.1, 0.15) is 39.5 Å². The molecule has 0 nitrogen and oxygen atoms in total. The third-order valence-electron chi connectivity index (χ3n) is 1.47. The topological polar surface area (TPSA) is 0 Å². The summed E-state index contributed by atoms with van der Waals surface area (Å²) in [6.45, 7) is 8.12. The molecule has 0 heterocycles. The van der Waals surface area contributed by atoms with E-state index < -0.39 is 0 Å². The fraction of sp³-hybridized carbons (Fsp3) is 0.600. The molecule has 58 valence electrons. The van der Waals surface area contributed by atoms with Gasteiger partial charge in [0.2, 0.25) is 0 Å². The molecule has 0 rings (SSSR count).